The minimum absolute atomic E-state index is 0. The number of carbonyl (C=O) groups is 2. The van der Waals surface area contributed by atoms with E-state index in [1.54, 1.807) is 0 Å². The van der Waals surface area contributed by atoms with E-state index in [0.717, 1.165) is 18.4 Å². The second-order valence-electron chi connectivity index (χ2n) is 5.12. The number of hydrogen-bond donors (Lipinski definition) is 2. The van der Waals surface area contributed by atoms with Crippen molar-refractivity contribution in [3.63, 3.8) is 0 Å². The molecule has 0 aliphatic heterocycles. The van der Waals surface area contributed by atoms with Gasteiger partial charge in [0.2, 0.25) is 0 Å². The molecule has 2 rings (SSSR count). The third-order valence-electron chi connectivity index (χ3n) is 3.49. The SMILES string of the molecule is Cl.NC(=O)OC1CCC(NC(=O)OCc2ccccc2)CC1. The number of ether oxygens (including phenoxy) is 2. The molecule has 0 aromatic heterocycles. The number of hydrogen-bond acceptors (Lipinski definition) is 4. The maximum atomic E-state index is 11.7. The molecule has 7 heteroatoms. The van der Waals surface area contributed by atoms with E-state index in [9.17, 15) is 9.59 Å². The molecule has 0 bridgehead atoms. The molecule has 0 saturated heterocycles. The Kier molecular flexibility index (Phi) is 7.52. The van der Waals surface area contributed by atoms with Crippen LogP contribution in [0.1, 0.15) is 31.2 Å². The van der Waals surface area contributed by atoms with Gasteiger partial charge in [-0.2, -0.15) is 0 Å². The van der Waals surface area contributed by atoms with Crippen molar-refractivity contribution in [2.24, 2.45) is 5.73 Å². The van der Waals surface area contributed by atoms with Crippen LogP contribution in [0.15, 0.2) is 30.3 Å². The first-order chi connectivity index (χ1) is 10.1. The average Bonchev–Trinajstić information content (AvgIpc) is 2.48. The number of primary amides is 1. The van der Waals surface area contributed by atoms with E-state index in [4.69, 9.17) is 15.2 Å². The standard InChI is InChI=1S/C15H20N2O4.ClH/c16-14(18)21-13-8-6-12(7-9-13)17-15(19)20-10-11-4-2-1-3-5-11;/h1-5,12-13H,6-10H2,(H2,16,18)(H,17,19);1H. The lowest BCUT2D eigenvalue weighted by Crippen LogP contribution is -2.40. The van der Waals surface area contributed by atoms with Crippen LogP contribution in [-0.4, -0.2) is 24.3 Å². The Morgan fingerprint density at radius 2 is 1.77 bits per heavy atom. The van der Waals surface area contributed by atoms with E-state index < -0.39 is 12.2 Å². The van der Waals surface area contributed by atoms with Crippen LogP contribution in [0.4, 0.5) is 9.59 Å². The fraction of sp³-hybridized carbons (Fsp3) is 0.467. The van der Waals surface area contributed by atoms with Crippen molar-refractivity contribution in [1.82, 2.24) is 5.32 Å². The number of halogens is 1. The van der Waals surface area contributed by atoms with Gasteiger partial charge in [-0.25, -0.2) is 9.59 Å². The van der Waals surface area contributed by atoms with E-state index in [0.29, 0.717) is 12.8 Å². The average molecular weight is 329 g/mol. The topological polar surface area (TPSA) is 90.7 Å². The van der Waals surface area contributed by atoms with Gasteiger partial charge in [0.15, 0.2) is 0 Å². The number of amides is 2. The lowest BCUT2D eigenvalue weighted by atomic mass is 9.93. The summed E-state index contributed by atoms with van der Waals surface area (Å²) >= 11 is 0. The highest BCUT2D eigenvalue weighted by Crippen LogP contribution is 2.21. The molecule has 0 radical (unpaired) electrons. The van der Waals surface area contributed by atoms with Crippen LogP contribution < -0.4 is 11.1 Å². The molecule has 1 saturated carbocycles. The zero-order valence-corrected chi connectivity index (χ0v) is 13.0. The number of nitrogens with one attached hydrogen (secondary N) is 1. The second-order valence-corrected chi connectivity index (χ2v) is 5.12. The Morgan fingerprint density at radius 1 is 1.14 bits per heavy atom. The van der Waals surface area contributed by atoms with Crippen molar-refractivity contribution in [2.45, 2.75) is 44.4 Å². The molecule has 2 amide bonds. The molecule has 1 fully saturated rings. The van der Waals surface area contributed by atoms with Gasteiger partial charge in [-0.3, -0.25) is 0 Å². The van der Waals surface area contributed by atoms with Crippen LogP contribution in [0, 0.1) is 0 Å². The third kappa shape index (κ3) is 6.22. The Balaban J connectivity index is 0.00000242. The van der Waals surface area contributed by atoms with Crippen LogP contribution in [0.5, 0.6) is 0 Å². The van der Waals surface area contributed by atoms with Crippen LogP contribution in [0.3, 0.4) is 0 Å². The highest BCUT2D eigenvalue weighted by Gasteiger charge is 2.24. The number of carbonyl (C=O) groups excluding carboxylic acids is 2. The number of benzene rings is 1. The molecule has 1 aromatic carbocycles. The zero-order valence-electron chi connectivity index (χ0n) is 12.2. The molecule has 122 valence electrons. The van der Waals surface area contributed by atoms with Gasteiger partial charge < -0.3 is 20.5 Å². The molecule has 0 unspecified atom stereocenters. The van der Waals surface area contributed by atoms with Gasteiger partial charge in [0.1, 0.15) is 12.7 Å². The van der Waals surface area contributed by atoms with Gasteiger partial charge in [0, 0.05) is 6.04 Å². The highest BCUT2D eigenvalue weighted by atomic mass is 35.5. The summed E-state index contributed by atoms with van der Waals surface area (Å²) in [5.74, 6) is 0. The Labute approximate surface area is 135 Å². The lowest BCUT2D eigenvalue weighted by Gasteiger charge is -2.28. The summed E-state index contributed by atoms with van der Waals surface area (Å²) in [5, 5.41) is 2.83. The Morgan fingerprint density at radius 3 is 2.36 bits per heavy atom. The van der Waals surface area contributed by atoms with Crippen molar-refractivity contribution in [3.8, 4) is 0 Å². The first kappa shape index (κ1) is 18.1. The molecule has 1 aliphatic carbocycles. The monoisotopic (exact) mass is 328 g/mol. The molecule has 0 heterocycles. The minimum Gasteiger partial charge on any atom is -0.446 e. The molecular formula is C15H21ClN2O4. The van der Waals surface area contributed by atoms with Crippen molar-refractivity contribution in [2.75, 3.05) is 0 Å². The van der Waals surface area contributed by atoms with Crippen molar-refractivity contribution >= 4 is 24.6 Å². The Bertz CT molecular complexity index is 476. The summed E-state index contributed by atoms with van der Waals surface area (Å²) in [6.07, 6.45) is 1.60. The van der Waals surface area contributed by atoms with Crippen LogP contribution in [0.2, 0.25) is 0 Å². The summed E-state index contributed by atoms with van der Waals surface area (Å²) in [4.78, 5) is 22.4. The molecule has 1 aromatic rings. The second kappa shape index (κ2) is 9.15. The van der Waals surface area contributed by atoms with Crippen LogP contribution in [0.25, 0.3) is 0 Å². The first-order valence-electron chi connectivity index (χ1n) is 7.07. The quantitative estimate of drug-likeness (QED) is 0.889. The van der Waals surface area contributed by atoms with Gasteiger partial charge in [-0.15, -0.1) is 12.4 Å². The molecule has 0 atom stereocenters. The molecule has 0 spiro atoms. The largest absolute Gasteiger partial charge is 0.446 e. The van der Waals surface area contributed by atoms with Crippen LogP contribution >= 0.6 is 12.4 Å². The third-order valence-corrected chi connectivity index (χ3v) is 3.49. The summed E-state index contributed by atoms with van der Waals surface area (Å²) in [6, 6.07) is 9.57. The van der Waals surface area contributed by atoms with E-state index >= 15 is 0 Å². The van der Waals surface area contributed by atoms with Crippen molar-refractivity contribution < 1.29 is 19.1 Å². The summed E-state index contributed by atoms with van der Waals surface area (Å²) in [6.45, 7) is 0.257. The molecule has 6 nitrogen and oxygen atoms in total. The molecular weight excluding hydrogens is 308 g/mol. The summed E-state index contributed by atoms with van der Waals surface area (Å²) < 4.78 is 10.1. The predicted octanol–water partition coefficient (Wildman–Crippen LogP) is 2.74. The number of alkyl carbamates (subject to hydrolysis) is 1. The summed E-state index contributed by atoms with van der Waals surface area (Å²) in [5.41, 5.74) is 5.93. The fourth-order valence-corrected chi connectivity index (χ4v) is 2.42. The summed E-state index contributed by atoms with van der Waals surface area (Å²) in [7, 11) is 0. The van der Waals surface area contributed by atoms with E-state index in [1.165, 1.54) is 0 Å². The van der Waals surface area contributed by atoms with Gasteiger partial charge in [0.25, 0.3) is 0 Å². The predicted molar refractivity (Wildman–Crippen MR) is 83.7 cm³/mol. The van der Waals surface area contributed by atoms with Gasteiger partial charge in [-0.05, 0) is 31.2 Å². The van der Waals surface area contributed by atoms with Crippen molar-refractivity contribution in [3.05, 3.63) is 35.9 Å². The van der Waals surface area contributed by atoms with Gasteiger partial charge >= 0.3 is 12.2 Å². The highest BCUT2D eigenvalue weighted by molar-refractivity contribution is 5.85. The molecule has 3 N–H and O–H groups in total. The van der Waals surface area contributed by atoms with Gasteiger partial charge in [0.05, 0.1) is 0 Å². The van der Waals surface area contributed by atoms with Crippen molar-refractivity contribution in [1.29, 1.82) is 0 Å². The molecule has 1 aliphatic rings. The van der Waals surface area contributed by atoms with Crippen LogP contribution in [-0.2, 0) is 16.1 Å². The van der Waals surface area contributed by atoms with E-state index in [1.807, 2.05) is 30.3 Å². The maximum Gasteiger partial charge on any atom is 0.407 e. The smallest absolute Gasteiger partial charge is 0.407 e. The minimum atomic E-state index is -0.742. The van der Waals surface area contributed by atoms with E-state index in [-0.39, 0.29) is 31.2 Å². The zero-order chi connectivity index (χ0) is 15.1. The lowest BCUT2D eigenvalue weighted by molar-refractivity contribution is 0.0730. The Hall–Kier alpha value is -1.95. The number of nitrogens with two attached hydrogens (primary N) is 1. The maximum absolute atomic E-state index is 11.7. The molecule has 22 heavy (non-hydrogen) atoms. The fourth-order valence-electron chi connectivity index (χ4n) is 2.42. The van der Waals surface area contributed by atoms with Gasteiger partial charge in [-0.1, -0.05) is 30.3 Å². The van der Waals surface area contributed by atoms with E-state index in [2.05, 4.69) is 5.32 Å². The first-order valence-corrected chi connectivity index (χ1v) is 7.07. The number of rotatable bonds is 4. The normalized spacial score (nSPS) is 20.4.